The van der Waals surface area contributed by atoms with Crippen molar-refractivity contribution in [2.75, 3.05) is 11.1 Å². The quantitative estimate of drug-likeness (QED) is 0.565. The highest BCUT2D eigenvalue weighted by atomic mass is 35.5. The van der Waals surface area contributed by atoms with E-state index in [1.54, 1.807) is 12.1 Å². The zero-order chi connectivity index (χ0) is 20.3. The highest BCUT2D eigenvalue weighted by Crippen LogP contribution is 2.28. The molecule has 0 saturated heterocycles. The predicted molar refractivity (Wildman–Crippen MR) is 111 cm³/mol. The first-order valence-corrected chi connectivity index (χ1v) is 10.1. The molecule has 3 rings (SSSR count). The molecule has 0 atom stereocenters. The number of amides is 1. The van der Waals surface area contributed by atoms with Gasteiger partial charge >= 0.3 is 0 Å². The molecule has 5 nitrogen and oxygen atoms in total. The first-order chi connectivity index (χ1) is 13.4. The molecule has 1 heterocycles. The fourth-order valence-corrected chi connectivity index (χ4v) is 4.04. The van der Waals surface area contributed by atoms with Gasteiger partial charge in [0.05, 0.1) is 16.5 Å². The number of nitrogens with zero attached hydrogens (tertiary/aromatic N) is 3. The number of hydrogen-bond acceptors (Lipinski definition) is 4. The number of thioether (sulfide) groups is 1. The van der Waals surface area contributed by atoms with Crippen molar-refractivity contribution in [1.82, 2.24) is 14.8 Å². The van der Waals surface area contributed by atoms with Crippen molar-refractivity contribution in [3.8, 4) is 11.4 Å². The molecule has 2 aromatic carbocycles. The highest BCUT2D eigenvalue weighted by molar-refractivity contribution is 7.99. The molecular weight excluding hydrogens is 399 g/mol. The van der Waals surface area contributed by atoms with E-state index < -0.39 is 0 Å². The Morgan fingerprint density at radius 1 is 1.21 bits per heavy atom. The van der Waals surface area contributed by atoms with Crippen LogP contribution in [0.2, 0.25) is 5.02 Å². The van der Waals surface area contributed by atoms with E-state index >= 15 is 0 Å². The summed E-state index contributed by atoms with van der Waals surface area (Å²) in [4.78, 5) is 12.4. The van der Waals surface area contributed by atoms with Crippen LogP contribution in [0.4, 0.5) is 10.1 Å². The van der Waals surface area contributed by atoms with Crippen LogP contribution in [0.25, 0.3) is 11.4 Å². The Bertz CT molecular complexity index is 981. The van der Waals surface area contributed by atoms with Gasteiger partial charge in [-0.25, -0.2) is 4.39 Å². The van der Waals surface area contributed by atoms with Gasteiger partial charge in [-0.2, -0.15) is 0 Å². The fraction of sp³-hybridized carbons (Fsp3) is 0.250. The number of halogens is 2. The molecule has 28 heavy (non-hydrogen) atoms. The van der Waals surface area contributed by atoms with E-state index in [0.29, 0.717) is 28.2 Å². The second-order valence-corrected chi connectivity index (χ2v) is 7.68. The molecule has 0 saturated carbocycles. The average Bonchev–Trinajstić information content (AvgIpc) is 3.06. The largest absolute Gasteiger partial charge is 0.324 e. The van der Waals surface area contributed by atoms with E-state index in [1.165, 1.54) is 23.9 Å². The molecule has 0 aliphatic carbocycles. The van der Waals surface area contributed by atoms with E-state index in [4.69, 9.17) is 11.6 Å². The standard InChI is InChI=1S/C20H20ClFN4OS/c1-4-26-19(14-5-7-15(22)8-6-14)24-25-20(26)28-11-17(27)23-18-13(3)9-12(2)10-16(18)21/h5-10H,4,11H2,1-3H3,(H,23,27). The van der Waals surface area contributed by atoms with Crippen molar-refractivity contribution < 1.29 is 9.18 Å². The molecule has 0 aliphatic rings. The maximum Gasteiger partial charge on any atom is 0.234 e. The minimum atomic E-state index is -0.303. The van der Waals surface area contributed by atoms with Gasteiger partial charge in [0.25, 0.3) is 0 Å². The van der Waals surface area contributed by atoms with Crippen LogP contribution in [0.5, 0.6) is 0 Å². The van der Waals surface area contributed by atoms with Crippen molar-refractivity contribution in [2.24, 2.45) is 0 Å². The lowest BCUT2D eigenvalue weighted by atomic mass is 10.1. The van der Waals surface area contributed by atoms with Crippen LogP contribution in [0, 0.1) is 19.7 Å². The molecule has 0 unspecified atom stereocenters. The highest BCUT2D eigenvalue weighted by Gasteiger charge is 2.16. The van der Waals surface area contributed by atoms with E-state index in [1.807, 2.05) is 37.5 Å². The van der Waals surface area contributed by atoms with Crippen molar-refractivity contribution in [3.63, 3.8) is 0 Å². The number of carbonyl (C=O) groups is 1. The number of hydrogen-bond donors (Lipinski definition) is 1. The Morgan fingerprint density at radius 3 is 2.57 bits per heavy atom. The van der Waals surface area contributed by atoms with Gasteiger partial charge in [0, 0.05) is 12.1 Å². The monoisotopic (exact) mass is 418 g/mol. The summed E-state index contributed by atoms with van der Waals surface area (Å²) in [5, 5.41) is 12.4. The topological polar surface area (TPSA) is 59.8 Å². The molecular formula is C20H20ClFN4OS. The van der Waals surface area contributed by atoms with Gasteiger partial charge in [-0.05, 0) is 62.2 Å². The fourth-order valence-electron chi connectivity index (χ4n) is 2.87. The summed E-state index contributed by atoms with van der Waals surface area (Å²) in [6, 6.07) is 9.89. The van der Waals surface area contributed by atoms with Gasteiger partial charge < -0.3 is 9.88 Å². The number of rotatable bonds is 6. The Hall–Kier alpha value is -2.38. The van der Waals surface area contributed by atoms with Gasteiger partial charge in [-0.15, -0.1) is 10.2 Å². The van der Waals surface area contributed by atoms with Crippen LogP contribution in [0.3, 0.4) is 0 Å². The molecule has 0 spiro atoms. The maximum atomic E-state index is 13.2. The van der Waals surface area contributed by atoms with Crippen LogP contribution < -0.4 is 5.32 Å². The van der Waals surface area contributed by atoms with E-state index in [0.717, 1.165) is 16.7 Å². The Labute approximate surface area is 172 Å². The number of carbonyl (C=O) groups excluding carboxylic acids is 1. The summed E-state index contributed by atoms with van der Waals surface area (Å²) in [5.41, 5.74) is 3.36. The number of anilines is 1. The summed E-state index contributed by atoms with van der Waals surface area (Å²) in [5.74, 6) is 0.337. The Morgan fingerprint density at radius 2 is 1.93 bits per heavy atom. The van der Waals surface area contributed by atoms with Gasteiger partial charge in [0.15, 0.2) is 11.0 Å². The number of nitrogens with one attached hydrogen (secondary N) is 1. The summed E-state index contributed by atoms with van der Waals surface area (Å²) in [6.07, 6.45) is 0. The van der Waals surface area contributed by atoms with E-state index in [-0.39, 0.29) is 17.5 Å². The molecule has 146 valence electrons. The summed E-state index contributed by atoms with van der Waals surface area (Å²) < 4.78 is 15.1. The van der Waals surface area contributed by atoms with Crippen molar-refractivity contribution >= 4 is 35.0 Å². The molecule has 0 aliphatic heterocycles. The lowest BCUT2D eigenvalue weighted by Gasteiger charge is -2.11. The van der Waals surface area contributed by atoms with Gasteiger partial charge in [0.1, 0.15) is 5.82 Å². The molecule has 8 heteroatoms. The molecule has 1 N–H and O–H groups in total. The smallest absolute Gasteiger partial charge is 0.234 e. The third-order valence-corrected chi connectivity index (χ3v) is 5.43. The van der Waals surface area contributed by atoms with Crippen molar-refractivity contribution in [3.05, 3.63) is 58.4 Å². The Kier molecular flexibility index (Phi) is 6.36. The molecule has 1 aromatic heterocycles. The molecule has 0 radical (unpaired) electrons. The van der Waals surface area contributed by atoms with Gasteiger partial charge in [0.2, 0.25) is 5.91 Å². The molecule has 3 aromatic rings. The van der Waals surface area contributed by atoms with Crippen LogP contribution in [0.15, 0.2) is 41.6 Å². The van der Waals surface area contributed by atoms with Crippen molar-refractivity contribution in [1.29, 1.82) is 0 Å². The average molecular weight is 419 g/mol. The third-order valence-electron chi connectivity index (χ3n) is 4.16. The minimum absolute atomic E-state index is 0.172. The van der Waals surface area contributed by atoms with Crippen LogP contribution in [0.1, 0.15) is 18.1 Å². The molecule has 0 fully saturated rings. The van der Waals surface area contributed by atoms with Gasteiger partial charge in [-0.1, -0.05) is 29.4 Å². The zero-order valence-electron chi connectivity index (χ0n) is 15.8. The third kappa shape index (κ3) is 4.54. The summed E-state index contributed by atoms with van der Waals surface area (Å²) in [6.45, 7) is 6.46. The van der Waals surface area contributed by atoms with Gasteiger partial charge in [-0.3, -0.25) is 4.79 Å². The van der Waals surface area contributed by atoms with E-state index in [2.05, 4.69) is 15.5 Å². The first-order valence-electron chi connectivity index (χ1n) is 8.77. The number of aryl methyl sites for hydroxylation is 2. The van der Waals surface area contributed by atoms with Crippen LogP contribution in [-0.2, 0) is 11.3 Å². The molecule has 1 amide bonds. The first kappa shape index (κ1) is 20.4. The lowest BCUT2D eigenvalue weighted by molar-refractivity contribution is -0.113. The van der Waals surface area contributed by atoms with E-state index in [9.17, 15) is 9.18 Å². The van der Waals surface area contributed by atoms with Crippen LogP contribution in [-0.4, -0.2) is 26.4 Å². The second kappa shape index (κ2) is 8.75. The second-order valence-electron chi connectivity index (χ2n) is 6.33. The summed E-state index contributed by atoms with van der Waals surface area (Å²) in [7, 11) is 0. The van der Waals surface area contributed by atoms with Crippen molar-refractivity contribution in [2.45, 2.75) is 32.5 Å². The number of benzene rings is 2. The SMILES string of the molecule is CCn1c(SCC(=O)Nc2c(C)cc(C)cc2Cl)nnc1-c1ccc(F)cc1. The minimum Gasteiger partial charge on any atom is -0.324 e. The zero-order valence-corrected chi connectivity index (χ0v) is 17.4. The molecule has 0 bridgehead atoms. The Balaban J connectivity index is 1.71. The predicted octanol–water partition coefficient (Wildman–Crippen LogP) is 5.11. The maximum absolute atomic E-state index is 13.2. The number of aromatic nitrogens is 3. The lowest BCUT2D eigenvalue weighted by Crippen LogP contribution is -2.16. The van der Waals surface area contributed by atoms with Crippen LogP contribution >= 0.6 is 23.4 Å². The normalized spacial score (nSPS) is 10.9. The summed E-state index contributed by atoms with van der Waals surface area (Å²) >= 11 is 7.54.